The maximum absolute atomic E-state index is 12.8. The molecule has 1 saturated heterocycles. The summed E-state index contributed by atoms with van der Waals surface area (Å²) in [5.74, 6) is 0.0619. The number of nitrogens with one attached hydrogen (secondary N) is 1. The minimum Gasteiger partial charge on any atom is -0.379 e. The van der Waals surface area contributed by atoms with E-state index in [0.717, 1.165) is 73.6 Å². The van der Waals surface area contributed by atoms with Gasteiger partial charge < -0.3 is 10.1 Å². The number of hydrogen-bond donors (Lipinski definition) is 1. The number of thiazole rings is 1. The van der Waals surface area contributed by atoms with E-state index >= 15 is 0 Å². The van der Waals surface area contributed by atoms with Crippen LogP contribution in [0.4, 0.5) is 5.13 Å². The van der Waals surface area contributed by atoms with Gasteiger partial charge >= 0.3 is 5.69 Å². The number of nitrogens with zero attached hydrogens (tertiary/aromatic N) is 4. The molecule has 3 heterocycles. The molecule has 3 aromatic rings. The molecule has 0 saturated carbocycles. The number of carbonyl (C=O) groups excluding carboxylic acids is 1. The fourth-order valence-corrected chi connectivity index (χ4v) is 6.23. The first-order chi connectivity index (χ1) is 16.1. The molecule has 0 unspecified atom stereocenters. The van der Waals surface area contributed by atoms with Gasteiger partial charge in [0.2, 0.25) is 5.91 Å². The van der Waals surface area contributed by atoms with Gasteiger partial charge in [0.1, 0.15) is 5.03 Å². The largest absolute Gasteiger partial charge is 0.379 e. The van der Waals surface area contributed by atoms with Gasteiger partial charge in [-0.3, -0.25) is 14.3 Å². The fraction of sp³-hybridized carbons (Fsp3) is 0.478. The molecule has 1 N–H and O–H groups in total. The van der Waals surface area contributed by atoms with Crippen LogP contribution in [0, 0.1) is 6.92 Å². The van der Waals surface area contributed by atoms with Crippen molar-refractivity contribution < 1.29 is 9.53 Å². The molecule has 10 heteroatoms. The number of rotatable bonds is 7. The molecule has 8 nitrogen and oxygen atoms in total. The molecule has 1 aromatic carbocycles. The van der Waals surface area contributed by atoms with Gasteiger partial charge in [0.05, 0.1) is 29.2 Å². The first-order valence-corrected chi connectivity index (χ1v) is 13.1. The van der Waals surface area contributed by atoms with Gasteiger partial charge in [-0.15, -0.1) is 0 Å². The Morgan fingerprint density at radius 3 is 2.91 bits per heavy atom. The summed E-state index contributed by atoms with van der Waals surface area (Å²) in [7, 11) is 0. The van der Waals surface area contributed by atoms with E-state index in [1.165, 1.54) is 28.7 Å². The summed E-state index contributed by atoms with van der Waals surface area (Å²) in [4.78, 5) is 36.6. The van der Waals surface area contributed by atoms with Crippen molar-refractivity contribution in [2.45, 2.75) is 37.8 Å². The van der Waals surface area contributed by atoms with Gasteiger partial charge in [0.15, 0.2) is 5.13 Å². The smallest absolute Gasteiger partial charge is 0.348 e. The Balaban J connectivity index is 1.24. The minimum absolute atomic E-state index is 0.138. The first kappa shape index (κ1) is 22.5. The summed E-state index contributed by atoms with van der Waals surface area (Å²) in [6.45, 7) is 6.82. The highest BCUT2D eigenvalue weighted by Gasteiger charge is 2.23. The van der Waals surface area contributed by atoms with Gasteiger partial charge in [0.25, 0.3) is 0 Å². The van der Waals surface area contributed by atoms with Crippen molar-refractivity contribution in [3.8, 4) is 0 Å². The number of amides is 1. The van der Waals surface area contributed by atoms with E-state index in [-0.39, 0.29) is 17.3 Å². The highest BCUT2D eigenvalue weighted by Crippen LogP contribution is 2.30. The zero-order chi connectivity index (χ0) is 22.8. The van der Waals surface area contributed by atoms with Crippen LogP contribution in [0.2, 0.25) is 0 Å². The summed E-state index contributed by atoms with van der Waals surface area (Å²) < 4.78 is 8.30. The molecule has 1 aliphatic carbocycles. The third kappa shape index (κ3) is 5.13. The molecule has 2 aromatic heterocycles. The number of ether oxygens (including phenoxy) is 1. The summed E-state index contributed by atoms with van der Waals surface area (Å²) >= 11 is 2.81. The van der Waals surface area contributed by atoms with Crippen LogP contribution in [0.5, 0.6) is 0 Å². The quantitative estimate of drug-likeness (QED) is 0.407. The van der Waals surface area contributed by atoms with E-state index in [2.05, 4.69) is 26.3 Å². The normalized spacial score (nSPS) is 16.3. The molecule has 5 rings (SSSR count). The Morgan fingerprint density at radius 1 is 1.21 bits per heavy atom. The number of carbonyl (C=O) groups is 1. The van der Waals surface area contributed by atoms with Crippen LogP contribution in [0.15, 0.2) is 28.0 Å². The van der Waals surface area contributed by atoms with E-state index in [1.807, 2.05) is 23.6 Å². The second-order valence-electron chi connectivity index (χ2n) is 8.41. The van der Waals surface area contributed by atoms with E-state index in [1.54, 1.807) is 0 Å². The second-order valence-corrected chi connectivity index (χ2v) is 10.4. The molecule has 0 atom stereocenters. The maximum atomic E-state index is 12.8. The van der Waals surface area contributed by atoms with Crippen molar-refractivity contribution in [1.82, 2.24) is 19.4 Å². The molecule has 33 heavy (non-hydrogen) atoms. The first-order valence-electron chi connectivity index (χ1n) is 11.3. The predicted octanol–water partition coefficient (Wildman–Crippen LogP) is 2.71. The summed E-state index contributed by atoms with van der Waals surface area (Å²) in [6, 6.07) is 6.05. The van der Waals surface area contributed by atoms with Crippen molar-refractivity contribution in [1.29, 1.82) is 0 Å². The lowest BCUT2D eigenvalue weighted by atomic mass is 10.2. The standard InChI is InChI=1S/C23H27N5O3S2/c1-15-5-6-17-19(13-15)33-22(24-17)25-20(29)14-32-21-16-3-2-4-18(16)28(23(30)26-21)8-7-27-9-11-31-12-10-27/h5-6,13H,2-4,7-12,14H2,1H3,(H,24,25,29). The van der Waals surface area contributed by atoms with Crippen LogP contribution < -0.4 is 11.0 Å². The van der Waals surface area contributed by atoms with E-state index in [4.69, 9.17) is 4.74 Å². The Hall–Kier alpha value is -2.27. The lowest BCUT2D eigenvalue weighted by Crippen LogP contribution is -2.40. The minimum atomic E-state index is -0.214. The molecule has 0 bridgehead atoms. The zero-order valence-electron chi connectivity index (χ0n) is 18.6. The lowest BCUT2D eigenvalue weighted by molar-refractivity contribution is -0.113. The molecule has 1 amide bonds. The van der Waals surface area contributed by atoms with Gasteiger partial charge in [-0.25, -0.2) is 9.78 Å². The van der Waals surface area contributed by atoms with Crippen molar-refractivity contribution in [2.24, 2.45) is 0 Å². The highest BCUT2D eigenvalue weighted by atomic mass is 32.2. The lowest BCUT2D eigenvalue weighted by Gasteiger charge is -2.27. The SMILES string of the molecule is Cc1ccc2nc(NC(=O)CSc3nc(=O)n(CCN4CCOCC4)c4c3CCC4)sc2c1. The Bertz CT molecular complexity index is 1230. The van der Waals surface area contributed by atoms with Gasteiger partial charge in [-0.05, 0) is 43.9 Å². The Kier molecular flexibility index (Phi) is 6.77. The fourth-order valence-electron chi connectivity index (χ4n) is 4.38. The average molecular weight is 486 g/mol. The van der Waals surface area contributed by atoms with E-state index in [0.29, 0.717) is 16.7 Å². The van der Waals surface area contributed by atoms with Crippen molar-refractivity contribution in [3.63, 3.8) is 0 Å². The van der Waals surface area contributed by atoms with E-state index in [9.17, 15) is 9.59 Å². The molecular weight excluding hydrogens is 458 g/mol. The molecular formula is C23H27N5O3S2. The third-order valence-electron chi connectivity index (χ3n) is 6.07. The molecule has 174 valence electrons. The number of fused-ring (bicyclic) bond motifs is 2. The number of aryl methyl sites for hydroxylation is 1. The molecule has 1 aliphatic heterocycles. The summed E-state index contributed by atoms with van der Waals surface area (Å²) in [5, 5.41) is 4.19. The van der Waals surface area contributed by atoms with E-state index < -0.39 is 0 Å². The highest BCUT2D eigenvalue weighted by molar-refractivity contribution is 8.00. The average Bonchev–Trinajstić information content (AvgIpc) is 3.44. The Labute approximate surface area is 200 Å². The number of hydrogen-bond acceptors (Lipinski definition) is 8. The second kappa shape index (κ2) is 9.92. The summed E-state index contributed by atoms with van der Waals surface area (Å²) in [5.41, 5.74) is 4.05. The number of morpholine rings is 1. The number of aromatic nitrogens is 3. The molecule has 1 fully saturated rings. The van der Waals surface area contributed by atoms with Gasteiger partial charge in [-0.1, -0.05) is 29.2 Å². The Morgan fingerprint density at radius 2 is 2.06 bits per heavy atom. The van der Waals surface area contributed by atoms with Crippen LogP contribution >= 0.6 is 23.1 Å². The molecule has 0 spiro atoms. The van der Waals surface area contributed by atoms with Crippen molar-refractivity contribution >= 4 is 44.4 Å². The zero-order valence-corrected chi connectivity index (χ0v) is 20.3. The molecule has 0 radical (unpaired) electrons. The van der Waals surface area contributed by atoms with Crippen molar-refractivity contribution in [3.05, 3.63) is 45.5 Å². The van der Waals surface area contributed by atoms with Gasteiger partial charge in [0, 0.05) is 37.4 Å². The van der Waals surface area contributed by atoms with Crippen LogP contribution in [-0.4, -0.2) is 63.9 Å². The summed E-state index contributed by atoms with van der Waals surface area (Å²) in [6.07, 6.45) is 2.81. The van der Waals surface area contributed by atoms with Crippen LogP contribution in [-0.2, 0) is 28.9 Å². The maximum Gasteiger partial charge on any atom is 0.348 e. The van der Waals surface area contributed by atoms with Crippen molar-refractivity contribution in [2.75, 3.05) is 43.9 Å². The van der Waals surface area contributed by atoms with Crippen LogP contribution in [0.3, 0.4) is 0 Å². The number of thioether (sulfide) groups is 1. The van der Waals surface area contributed by atoms with Crippen LogP contribution in [0.1, 0.15) is 23.2 Å². The third-order valence-corrected chi connectivity index (χ3v) is 8.03. The number of anilines is 1. The predicted molar refractivity (Wildman–Crippen MR) is 131 cm³/mol. The topological polar surface area (TPSA) is 89.3 Å². The van der Waals surface area contributed by atoms with Crippen LogP contribution in [0.25, 0.3) is 10.2 Å². The van der Waals surface area contributed by atoms with Gasteiger partial charge in [-0.2, -0.15) is 4.98 Å². The molecule has 2 aliphatic rings. The monoisotopic (exact) mass is 485 g/mol. The number of benzene rings is 1.